The Morgan fingerprint density at radius 2 is 1.76 bits per heavy atom. The molecule has 0 spiro atoms. The third kappa shape index (κ3) is 6.40. The molecule has 1 atom stereocenters. The molecule has 1 aromatic rings. The first kappa shape index (κ1) is 25.3. The van der Waals surface area contributed by atoms with E-state index in [2.05, 4.69) is 6.92 Å². The van der Waals surface area contributed by atoms with Crippen molar-refractivity contribution in [2.24, 2.45) is 0 Å². The zero-order valence-electron chi connectivity index (χ0n) is 20.5. The van der Waals surface area contributed by atoms with Gasteiger partial charge < -0.3 is 24.0 Å². The Morgan fingerprint density at radius 1 is 1.00 bits per heavy atom. The molecule has 2 fully saturated rings. The fraction of sp³-hybridized carbons (Fsp3) is 0.692. The van der Waals surface area contributed by atoms with Crippen LogP contribution in [0.15, 0.2) is 18.2 Å². The Bertz CT molecular complexity index is 776. The van der Waals surface area contributed by atoms with Crippen LogP contribution in [0.3, 0.4) is 0 Å². The minimum absolute atomic E-state index is 0.00521. The highest BCUT2D eigenvalue weighted by Crippen LogP contribution is 2.36. The van der Waals surface area contributed by atoms with Crippen molar-refractivity contribution in [1.29, 1.82) is 0 Å². The van der Waals surface area contributed by atoms with Gasteiger partial charge in [0.15, 0.2) is 11.5 Å². The Hall–Kier alpha value is -2.28. The maximum Gasteiger partial charge on any atom is 0.250 e. The summed E-state index contributed by atoms with van der Waals surface area (Å²) in [5, 5.41) is 0. The number of ether oxygens (including phenoxy) is 3. The summed E-state index contributed by atoms with van der Waals surface area (Å²) >= 11 is 0. The molecule has 1 saturated heterocycles. The summed E-state index contributed by atoms with van der Waals surface area (Å²) in [5.41, 5.74) is 0.767. The molecule has 0 bridgehead atoms. The van der Waals surface area contributed by atoms with Crippen molar-refractivity contribution in [3.05, 3.63) is 23.8 Å². The van der Waals surface area contributed by atoms with E-state index in [-0.39, 0.29) is 24.4 Å². The summed E-state index contributed by atoms with van der Waals surface area (Å²) in [7, 11) is 1.60. The van der Waals surface area contributed by atoms with Gasteiger partial charge in [0.05, 0.1) is 13.7 Å². The van der Waals surface area contributed by atoms with E-state index in [0.29, 0.717) is 44.3 Å². The summed E-state index contributed by atoms with van der Waals surface area (Å²) in [6.07, 6.45) is 8.18. The van der Waals surface area contributed by atoms with E-state index in [4.69, 9.17) is 14.2 Å². The van der Waals surface area contributed by atoms with E-state index in [1.807, 2.05) is 30.0 Å². The zero-order chi connectivity index (χ0) is 23.6. The predicted octanol–water partition coefficient (Wildman–Crippen LogP) is 4.35. The molecule has 0 radical (unpaired) electrons. The average Bonchev–Trinajstić information content (AvgIpc) is 3.11. The van der Waals surface area contributed by atoms with E-state index in [1.165, 1.54) is 12.8 Å². The van der Waals surface area contributed by atoms with Crippen LogP contribution in [0.5, 0.6) is 11.5 Å². The molecule has 2 amide bonds. The summed E-state index contributed by atoms with van der Waals surface area (Å²) in [5.74, 6) is 1.26. The second-order valence-corrected chi connectivity index (χ2v) is 8.91. The predicted molar refractivity (Wildman–Crippen MR) is 128 cm³/mol. The fourth-order valence-electron chi connectivity index (χ4n) is 4.87. The third-order valence-corrected chi connectivity index (χ3v) is 6.58. The first-order chi connectivity index (χ1) is 16.1. The largest absolute Gasteiger partial charge is 0.493 e. The molecule has 1 heterocycles. The molecule has 1 aliphatic carbocycles. The Balaban J connectivity index is 1.90. The van der Waals surface area contributed by atoms with E-state index in [0.717, 1.165) is 37.7 Å². The van der Waals surface area contributed by atoms with Gasteiger partial charge in [0.25, 0.3) is 5.91 Å². The molecule has 33 heavy (non-hydrogen) atoms. The maximum absolute atomic E-state index is 13.9. The smallest absolute Gasteiger partial charge is 0.250 e. The summed E-state index contributed by atoms with van der Waals surface area (Å²) in [6, 6.07) is 5.10. The minimum atomic E-state index is -0.648. The third-order valence-electron chi connectivity index (χ3n) is 6.58. The van der Waals surface area contributed by atoms with E-state index in [9.17, 15) is 9.59 Å². The number of hydrogen-bond donors (Lipinski definition) is 0. The lowest BCUT2D eigenvalue weighted by Crippen LogP contribution is -2.58. The fourth-order valence-corrected chi connectivity index (χ4v) is 4.87. The van der Waals surface area contributed by atoms with Crippen LogP contribution in [-0.2, 0) is 14.3 Å². The molecule has 0 N–H and O–H groups in total. The van der Waals surface area contributed by atoms with Crippen LogP contribution in [-0.4, -0.2) is 67.7 Å². The lowest BCUT2D eigenvalue weighted by atomic mass is 9.97. The molecule has 3 rings (SSSR count). The normalized spacial score (nSPS) is 20.2. The van der Waals surface area contributed by atoms with Crippen LogP contribution < -0.4 is 9.47 Å². The van der Waals surface area contributed by atoms with Crippen molar-refractivity contribution in [3.8, 4) is 11.5 Å². The molecule has 1 aliphatic heterocycles. The van der Waals surface area contributed by atoms with Gasteiger partial charge in [0.1, 0.15) is 12.6 Å². The standard InChI is InChI=1S/C26H40N2O5/c1-4-16-33-22-14-13-20(18-23(22)31-3)25-26(30)28(21-11-8-6-7-9-12-21)19-24(29)27(25)15-10-17-32-5-2/h13-14,18,21,25H,4-12,15-17,19H2,1-3H3/t25-/m1/s1. The van der Waals surface area contributed by atoms with Gasteiger partial charge in [0.2, 0.25) is 5.91 Å². The number of carbonyl (C=O) groups is 2. The van der Waals surface area contributed by atoms with Crippen LogP contribution in [0.25, 0.3) is 0 Å². The van der Waals surface area contributed by atoms with Crippen molar-refractivity contribution >= 4 is 11.8 Å². The maximum atomic E-state index is 13.9. The van der Waals surface area contributed by atoms with Crippen LogP contribution >= 0.6 is 0 Å². The lowest BCUT2D eigenvalue weighted by Gasteiger charge is -2.43. The summed E-state index contributed by atoms with van der Waals surface area (Å²) in [6.45, 7) is 6.47. The highest BCUT2D eigenvalue weighted by Gasteiger charge is 2.42. The van der Waals surface area contributed by atoms with E-state index < -0.39 is 6.04 Å². The number of nitrogens with zero attached hydrogens (tertiary/aromatic N) is 2. The van der Waals surface area contributed by atoms with Gasteiger partial charge in [-0.05, 0) is 50.3 Å². The van der Waals surface area contributed by atoms with E-state index >= 15 is 0 Å². The molecule has 7 nitrogen and oxygen atoms in total. The van der Waals surface area contributed by atoms with Crippen LogP contribution in [0, 0.1) is 0 Å². The van der Waals surface area contributed by atoms with Crippen LogP contribution in [0.1, 0.15) is 76.8 Å². The van der Waals surface area contributed by atoms with Gasteiger partial charge in [-0.15, -0.1) is 0 Å². The summed E-state index contributed by atoms with van der Waals surface area (Å²) < 4.78 is 16.8. The Kier molecular flexibility index (Phi) is 9.85. The second-order valence-electron chi connectivity index (χ2n) is 8.91. The number of benzene rings is 1. The van der Waals surface area contributed by atoms with Gasteiger partial charge in [-0.25, -0.2) is 0 Å². The number of methoxy groups -OCH3 is 1. The number of rotatable bonds is 11. The highest BCUT2D eigenvalue weighted by molar-refractivity contribution is 5.96. The Morgan fingerprint density at radius 3 is 2.42 bits per heavy atom. The monoisotopic (exact) mass is 460 g/mol. The topological polar surface area (TPSA) is 68.3 Å². The SMILES string of the molecule is CCCOc1ccc([C@@H]2C(=O)N(C3CCCCCC3)CC(=O)N2CCCOCC)cc1OC. The molecule has 184 valence electrons. The summed E-state index contributed by atoms with van der Waals surface area (Å²) in [4.78, 5) is 30.8. The minimum Gasteiger partial charge on any atom is -0.493 e. The lowest BCUT2D eigenvalue weighted by molar-refractivity contribution is -0.159. The van der Waals surface area contributed by atoms with Gasteiger partial charge in [-0.1, -0.05) is 38.7 Å². The van der Waals surface area contributed by atoms with Crippen molar-refractivity contribution in [3.63, 3.8) is 0 Å². The highest BCUT2D eigenvalue weighted by atomic mass is 16.5. The van der Waals surface area contributed by atoms with Crippen LogP contribution in [0.2, 0.25) is 0 Å². The number of hydrogen-bond acceptors (Lipinski definition) is 5. The quantitative estimate of drug-likeness (QED) is 0.363. The molecular formula is C26H40N2O5. The molecule has 2 aliphatic rings. The van der Waals surface area contributed by atoms with Gasteiger partial charge in [-0.3, -0.25) is 9.59 Å². The molecule has 7 heteroatoms. The molecule has 1 saturated carbocycles. The van der Waals surface area contributed by atoms with Gasteiger partial charge in [0, 0.05) is 25.8 Å². The van der Waals surface area contributed by atoms with Crippen LogP contribution in [0.4, 0.5) is 0 Å². The van der Waals surface area contributed by atoms with Crippen molar-refractivity contribution < 1.29 is 23.8 Å². The van der Waals surface area contributed by atoms with Crippen molar-refractivity contribution in [2.75, 3.05) is 40.0 Å². The first-order valence-corrected chi connectivity index (χ1v) is 12.6. The van der Waals surface area contributed by atoms with Crippen molar-refractivity contribution in [2.45, 2.75) is 77.3 Å². The second kappa shape index (κ2) is 12.8. The molecule has 0 unspecified atom stereocenters. The zero-order valence-corrected chi connectivity index (χ0v) is 20.5. The molecule has 0 aromatic heterocycles. The number of carbonyl (C=O) groups excluding carboxylic acids is 2. The average molecular weight is 461 g/mol. The van der Waals surface area contributed by atoms with Gasteiger partial charge >= 0.3 is 0 Å². The van der Waals surface area contributed by atoms with Crippen molar-refractivity contribution in [1.82, 2.24) is 9.80 Å². The Labute approximate surface area is 198 Å². The van der Waals surface area contributed by atoms with E-state index in [1.54, 1.807) is 12.0 Å². The number of amides is 2. The molecule has 1 aromatic carbocycles. The van der Waals surface area contributed by atoms with Gasteiger partial charge in [-0.2, -0.15) is 0 Å². The molecular weight excluding hydrogens is 420 g/mol. The number of piperazine rings is 1. The first-order valence-electron chi connectivity index (χ1n) is 12.6.